The van der Waals surface area contributed by atoms with Gasteiger partial charge in [-0.05, 0) is 38.1 Å². The van der Waals surface area contributed by atoms with Gasteiger partial charge in [0.2, 0.25) is 10.0 Å². The van der Waals surface area contributed by atoms with E-state index in [1.807, 2.05) is 48.1 Å². The summed E-state index contributed by atoms with van der Waals surface area (Å²) in [5, 5.41) is 7.32. The number of hydrogen-bond donors (Lipinski definition) is 1. The third kappa shape index (κ3) is 3.91. The van der Waals surface area contributed by atoms with Gasteiger partial charge in [0.1, 0.15) is 4.90 Å². The third-order valence-electron chi connectivity index (χ3n) is 3.91. The molecule has 0 bridgehead atoms. The van der Waals surface area contributed by atoms with Crippen molar-refractivity contribution in [2.75, 3.05) is 0 Å². The zero-order valence-corrected chi connectivity index (χ0v) is 16.7. The molecule has 0 aliphatic carbocycles. The average molecular weight is 408 g/mol. The van der Waals surface area contributed by atoms with Crippen LogP contribution in [0.1, 0.15) is 12.5 Å². The molecule has 1 aromatic heterocycles. The van der Waals surface area contributed by atoms with Gasteiger partial charge in [-0.25, -0.2) is 18.5 Å². The summed E-state index contributed by atoms with van der Waals surface area (Å²) in [6, 6.07) is 12.8. The summed E-state index contributed by atoms with van der Waals surface area (Å²) in [6.45, 7) is 4.74. The molecule has 5 nitrogen and oxygen atoms in total. The molecule has 0 saturated heterocycles. The number of halogens is 1. The number of nitrogens with zero attached hydrogens (tertiary/aromatic N) is 2. The van der Waals surface area contributed by atoms with Gasteiger partial charge in [0.05, 0.1) is 16.4 Å². The minimum absolute atomic E-state index is 0.0810. The predicted octanol–water partition coefficient (Wildman–Crippen LogP) is 4.08. The molecule has 0 fully saturated rings. The Morgan fingerprint density at radius 2 is 1.88 bits per heavy atom. The number of aryl methyl sites for hydroxylation is 1. The molecule has 0 aliphatic heterocycles. The Labute approximate surface area is 161 Å². The molecule has 3 aromatic rings. The van der Waals surface area contributed by atoms with Crippen LogP contribution in [0.2, 0.25) is 5.02 Å². The van der Waals surface area contributed by atoms with Crippen molar-refractivity contribution >= 4 is 38.6 Å². The number of nitrogens with two attached hydrogens (primary N) is 1. The van der Waals surface area contributed by atoms with Crippen LogP contribution in [0.3, 0.4) is 0 Å². The van der Waals surface area contributed by atoms with Crippen LogP contribution >= 0.6 is 22.9 Å². The highest BCUT2D eigenvalue weighted by Gasteiger charge is 2.16. The van der Waals surface area contributed by atoms with Crippen LogP contribution < -0.4 is 9.94 Å². The van der Waals surface area contributed by atoms with E-state index in [4.69, 9.17) is 21.7 Å². The standard InChI is InChI=1S/C18H18ClN3O2S2/c1-3-22-16(13-6-9-15(19)17(10-13)26(20,23)24)11-25-18(22)21-14-7-4-12(2)5-8-14/h4-11H,3H2,1-2H3,(H2,20,23,24). The summed E-state index contributed by atoms with van der Waals surface area (Å²) in [5.41, 5.74) is 3.63. The second-order valence-electron chi connectivity index (χ2n) is 5.79. The van der Waals surface area contributed by atoms with Crippen LogP contribution in [0.25, 0.3) is 11.3 Å². The van der Waals surface area contributed by atoms with Crippen LogP contribution in [-0.2, 0) is 16.6 Å². The molecule has 2 aromatic carbocycles. The first-order chi connectivity index (χ1) is 12.3. The second-order valence-corrected chi connectivity index (χ2v) is 8.56. The van der Waals surface area contributed by atoms with E-state index in [0.717, 1.165) is 21.7 Å². The first-order valence-corrected chi connectivity index (χ1v) is 10.7. The largest absolute Gasteiger partial charge is 0.317 e. The maximum atomic E-state index is 11.7. The number of hydrogen-bond acceptors (Lipinski definition) is 4. The Morgan fingerprint density at radius 3 is 2.50 bits per heavy atom. The molecule has 8 heteroatoms. The molecule has 0 atom stereocenters. The van der Waals surface area contributed by atoms with Gasteiger partial charge < -0.3 is 4.57 Å². The summed E-state index contributed by atoms with van der Waals surface area (Å²) in [7, 11) is -3.89. The van der Waals surface area contributed by atoms with Crippen molar-refractivity contribution in [2.45, 2.75) is 25.3 Å². The van der Waals surface area contributed by atoms with E-state index >= 15 is 0 Å². The lowest BCUT2D eigenvalue weighted by atomic mass is 10.2. The molecular weight excluding hydrogens is 390 g/mol. The highest BCUT2D eigenvalue weighted by atomic mass is 35.5. The molecule has 1 heterocycles. The molecule has 0 radical (unpaired) electrons. The Hall–Kier alpha value is -1.93. The van der Waals surface area contributed by atoms with E-state index in [1.54, 1.807) is 12.1 Å². The number of thiazole rings is 1. The predicted molar refractivity (Wildman–Crippen MR) is 106 cm³/mol. The van der Waals surface area contributed by atoms with Gasteiger partial charge in [0.15, 0.2) is 4.80 Å². The molecule has 2 N–H and O–H groups in total. The Balaban J connectivity index is 2.14. The van der Waals surface area contributed by atoms with Gasteiger partial charge in [-0.3, -0.25) is 0 Å². The quantitative estimate of drug-likeness (QED) is 0.707. The monoisotopic (exact) mass is 407 g/mol. The van der Waals surface area contributed by atoms with E-state index in [0.29, 0.717) is 6.54 Å². The SMILES string of the molecule is CCn1c(-c2ccc(Cl)c(S(N)(=O)=O)c2)csc1=Nc1ccc(C)cc1. The molecule has 136 valence electrons. The molecule has 0 aliphatic rings. The van der Waals surface area contributed by atoms with E-state index in [1.165, 1.54) is 23.0 Å². The fourth-order valence-corrected chi connectivity index (χ4v) is 4.63. The van der Waals surface area contributed by atoms with Gasteiger partial charge in [-0.15, -0.1) is 11.3 Å². The van der Waals surface area contributed by atoms with E-state index in [9.17, 15) is 8.42 Å². The zero-order chi connectivity index (χ0) is 18.9. The lowest BCUT2D eigenvalue weighted by Crippen LogP contribution is -2.15. The number of benzene rings is 2. The summed E-state index contributed by atoms with van der Waals surface area (Å²) in [6.07, 6.45) is 0. The molecule has 0 spiro atoms. The second kappa shape index (κ2) is 7.36. The summed E-state index contributed by atoms with van der Waals surface area (Å²) >= 11 is 7.48. The number of aromatic nitrogens is 1. The van der Waals surface area contributed by atoms with Gasteiger partial charge in [-0.1, -0.05) is 35.4 Å². The third-order valence-corrected chi connectivity index (χ3v) is 6.16. The van der Waals surface area contributed by atoms with Gasteiger partial charge in [0.25, 0.3) is 0 Å². The van der Waals surface area contributed by atoms with E-state index in [2.05, 4.69) is 0 Å². The lowest BCUT2D eigenvalue weighted by molar-refractivity contribution is 0.598. The maximum Gasteiger partial charge on any atom is 0.239 e. The molecular formula is C18H18ClN3O2S2. The minimum Gasteiger partial charge on any atom is -0.317 e. The normalized spacial score (nSPS) is 12.5. The van der Waals surface area contributed by atoms with Gasteiger partial charge >= 0.3 is 0 Å². The maximum absolute atomic E-state index is 11.7. The van der Waals surface area contributed by atoms with Crippen molar-refractivity contribution in [3.8, 4) is 11.3 Å². The zero-order valence-electron chi connectivity index (χ0n) is 14.3. The van der Waals surface area contributed by atoms with Crippen molar-refractivity contribution in [3.63, 3.8) is 0 Å². The van der Waals surface area contributed by atoms with Gasteiger partial charge in [-0.2, -0.15) is 0 Å². The Morgan fingerprint density at radius 1 is 1.19 bits per heavy atom. The minimum atomic E-state index is -3.89. The van der Waals surface area contributed by atoms with Crippen molar-refractivity contribution < 1.29 is 8.42 Å². The smallest absolute Gasteiger partial charge is 0.239 e. The van der Waals surface area contributed by atoms with Crippen LogP contribution in [0.5, 0.6) is 0 Å². The van der Waals surface area contributed by atoms with Crippen LogP contribution in [0.4, 0.5) is 5.69 Å². The van der Waals surface area contributed by atoms with Crippen molar-refractivity contribution in [2.24, 2.45) is 10.1 Å². The van der Waals surface area contributed by atoms with Crippen LogP contribution in [-0.4, -0.2) is 13.0 Å². The van der Waals surface area contributed by atoms with E-state index in [-0.39, 0.29) is 9.92 Å². The number of sulfonamides is 1. The topological polar surface area (TPSA) is 77.5 Å². The Kier molecular flexibility index (Phi) is 5.34. The number of rotatable bonds is 4. The number of primary sulfonamides is 1. The first-order valence-electron chi connectivity index (χ1n) is 7.92. The fourth-order valence-electron chi connectivity index (χ4n) is 2.57. The molecule has 0 unspecified atom stereocenters. The first kappa shape index (κ1) is 18.8. The van der Waals surface area contributed by atoms with Crippen LogP contribution in [0.15, 0.2) is 57.7 Å². The van der Waals surface area contributed by atoms with Crippen molar-refractivity contribution in [3.05, 3.63) is 63.2 Å². The summed E-state index contributed by atoms with van der Waals surface area (Å²) < 4.78 is 25.5. The average Bonchev–Trinajstić information content (AvgIpc) is 2.99. The van der Waals surface area contributed by atoms with Crippen LogP contribution in [0, 0.1) is 6.92 Å². The van der Waals surface area contributed by atoms with Gasteiger partial charge in [0, 0.05) is 17.5 Å². The molecule has 3 rings (SSSR count). The summed E-state index contributed by atoms with van der Waals surface area (Å²) in [5.74, 6) is 0. The molecule has 0 saturated carbocycles. The summed E-state index contributed by atoms with van der Waals surface area (Å²) in [4.78, 5) is 5.45. The van der Waals surface area contributed by atoms with E-state index < -0.39 is 10.0 Å². The van der Waals surface area contributed by atoms with Crippen molar-refractivity contribution in [1.29, 1.82) is 0 Å². The lowest BCUT2D eigenvalue weighted by Gasteiger charge is -2.09. The Bertz CT molecular complexity index is 1110. The highest BCUT2D eigenvalue weighted by molar-refractivity contribution is 7.89. The molecule has 26 heavy (non-hydrogen) atoms. The fraction of sp³-hybridized carbons (Fsp3) is 0.167. The molecule has 0 amide bonds. The van der Waals surface area contributed by atoms with Crippen molar-refractivity contribution in [1.82, 2.24) is 4.57 Å². The highest BCUT2D eigenvalue weighted by Crippen LogP contribution is 2.28.